The molecule has 26 heavy (non-hydrogen) atoms. The number of ether oxygens (including phenoxy) is 2. The van der Waals surface area contributed by atoms with Crippen molar-refractivity contribution >= 4 is 34.8 Å². The van der Waals surface area contributed by atoms with E-state index in [1.807, 2.05) is 18.2 Å². The maximum Gasteiger partial charge on any atom is 0.258 e. The Kier molecular flexibility index (Phi) is 4.28. The summed E-state index contributed by atoms with van der Waals surface area (Å²) in [6.45, 7) is 0.221. The third kappa shape index (κ3) is 3.38. The molecule has 0 bridgehead atoms. The molecule has 0 spiro atoms. The van der Waals surface area contributed by atoms with Crippen LogP contribution in [-0.2, 0) is 0 Å². The molecule has 7 nitrogen and oxygen atoms in total. The fraction of sp³-hybridized carbons (Fsp3) is 0.0556. The lowest BCUT2D eigenvalue weighted by atomic mass is 10.2. The van der Waals surface area contributed by atoms with Gasteiger partial charge in [0.2, 0.25) is 6.79 Å². The molecule has 1 aromatic heterocycles. The van der Waals surface area contributed by atoms with Crippen LogP contribution in [0.4, 0.5) is 17.3 Å². The lowest BCUT2D eigenvalue weighted by Gasteiger charge is -2.08. The van der Waals surface area contributed by atoms with Crippen LogP contribution in [0, 0.1) is 0 Å². The first kappa shape index (κ1) is 16.2. The van der Waals surface area contributed by atoms with E-state index >= 15 is 0 Å². The van der Waals surface area contributed by atoms with Gasteiger partial charge < -0.3 is 20.1 Å². The second-order valence-electron chi connectivity index (χ2n) is 5.43. The van der Waals surface area contributed by atoms with E-state index in [4.69, 9.17) is 21.1 Å². The van der Waals surface area contributed by atoms with Crippen LogP contribution in [0.5, 0.6) is 11.5 Å². The molecule has 0 radical (unpaired) electrons. The van der Waals surface area contributed by atoms with E-state index in [1.54, 1.807) is 36.4 Å². The number of carbonyl (C=O) groups is 1. The Morgan fingerprint density at radius 2 is 1.73 bits per heavy atom. The van der Waals surface area contributed by atoms with E-state index in [0.29, 0.717) is 33.7 Å². The largest absolute Gasteiger partial charge is 0.454 e. The summed E-state index contributed by atoms with van der Waals surface area (Å²) >= 11 is 6.02. The minimum Gasteiger partial charge on any atom is -0.454 e. The van der Waals surface area contributed by atoms with Gasteiger partial charge in [0.25, 0.3) is 5.91 Å². The molecule has 1 aliphatic rings. The number of anilines is 3. The molecular formula is C18H13ClN4O3. The number of hydrogen-bond donors (Lipinski definition) is 2. The first-order chi connectivity index (χ1) is 12.7. The fourth-order valence-electron chi connectivity index (χ4n) is 2.42. The molecule has 0 fully saturated rings. The number of aromatic nitrogens is 2. The van der Waals surface area contributed by atoms with Gasteiger partial charge in [-0.15, -0.1) is 10.2 Å². The Hall–Kier alpha value is -3.32. The van der Waals surface area contributed by atoms with E-state index in [-0.39, 0.29) is 12.7 Å². The van der Waals surface area contributed by atoms with Crippen molar-refractivity contribution in [2.45, 2.75) is 0 Å². The SMILES string of the molecule is O=C(Nc1ccc(Nc2ccc3c(c2)OCO3)nn1)c1ccccc1Cl. The molecule has 3 aromatic rings. The summed E-state index contributed by atoms with van der Waals surface area (Å²) < 4.78 is 10.6. The number of halogens is 1. The molecule has 0 aliphatic carbocycles. The normalized spacial score (nSPS) is 11.9. The van der Waals surface area contributed by atoms with Crippen molar-refractivity contribution in [1.29, 1.82) is 0 Å². The summed E-state index contributed by atoms with van der Waals surface area (Å²) in [4.78, 5) is 12.2. The highest BCUT2D eigenvalue weighted by atomic mass is 35.5. The van der Waals surface area contributed by atoms with Gasteiger partial charge in [0.05, 0.1) is 10.6 Å². The van der Waals surface area contributed by atoms with Crippen molar-refractivity contribution in [3.05, 3.63) is 65.2 Å². The highest BCUT2D eigenvalue weighted by Crippen LogP contribution is 2.34. The number of hydrogen-bond acceptors (Lipinski definition) is 6. The lowest BCUT2D eigenvalue weighted by Crippen LogP contribution is -2.14. The highest BCUT2D eigenvalue weighted by Gasteiger charge is 2.14. The van der Waals surface area contributed by atoms with Crippen molar-refractivity contribution in [2.75, 3.05) is 17.4 Å². The smallest absolute Gasteiger partial charge is 0.258 e. The number of nitrogens with zero attached hydrogens (tertiary/aromatic N) is 2. The van der Waals surface area contributed by atoms with Gasteiger partial charge in [0, 0.05) is 11.8 Å². The minimum atomic E-state index is -0.346. The van der Waals surface area contributed by atoms with E-state index in [1.165, 1.54) is 0 Å². The third-order valence-corrected chi connectivity index (χ3v) is 4.00. The standard InChI is InChI=1S/C18H13ClN4O3/c19-13-4-2-1-3-12(13)18(24)21-17-8-7-16(22-23-17)20-11-5-6-14-15(9-11)26-10-25-14/h1-9H,10H2,(H,20,22)(H,21,23,24). The van der Waals surface area contributed by atoms with E-state index in [0.717, 1.165) is 5.69 Å². The Balaban J connectivity index is 1.44. The summed E-state index contributed by atoms with van der Waals surface area (Å²) in [5.74, 6) is 1.89. The van der Waals surface area contributed by atoms with Crippen molar-refractivity contribution in [1.82, 2.24) is 10.2 Å². The maximum atomic E-state index is 12.2. The molecular weight excluding hydrogens is 356 g/mol. The van der Waals surface area contributed by atoms with Gasteiger partial charge in [-0.2, -0.15) is 0 Å². The number of carbonyl (C=O) groups excluding carboxylic acids is 1. The topological polar surface area (TPSA) is 85.4 Å². The molecule has 2 aromatic carbocycles. The maximum absolute atomic E-state index is 12.2. The predicted molar refractivity (Wildman–Crippen MR) is 97.3 cm³/mol. The molecule has 0 atom stereocenters. The summed E-state index contributed by atoms with van der Waals surface area (Å²) in [5.41, 5.74) is 1.16. The molecule has 4 rings (SSSR count). The molecule has 0 unspecified atom stereocenters. The molecule has 2 heterocycles. The molecule has 0 saturated carbocycles. The summed E-state index contributed by atoms with van der Waals surface area (Å²) in [5, 5.41) is 14.2. The predicted octanol–water partition coefficient (Wildman–Crippen LogP) is 3.85. The molecule has 2 N–H and O–H groups in total. The van der Waals surface area contributed by atoms with Crippen molar-refractivity contribution in [3.63, 3.8) is 0 Å². The van der Waals surface area contributed by atoms with Crippen LogP contribution in [0.1, 0.15) is 10.4 Å². The van der Waals surface area contributed by atoms with Crippen molar-refractivity contribution in [2.24, 2.45) is 0 Å². The Morgan fingerprint density at radius 1 is 0.962 bits per heavy atom. The van der Waals surface area contributed by atoms with Gasteiger partial charge >= 0.3 is 0 Å². The number of amides is 1. The molecule has 1 amide bonds. The van der Waals surface area contributed by atoms with Crippen LogP contribution in [0.15, 0.2) is 54.6 Å². The van der Waals surface area contributed by atoms with Crippen molar-refractivity contribution < 1.29 is 14.3 Å². The summed E-state index contributed by atoms with van der Waals surface area (Å²) in [7, 11) is 0. The number of nitrogens with one attached hydrogen (secondary N) is 2. The third-order valence-electron chi connectivity index (χ3n) is 3.67. The van der Waals surface area contributed by atoms with Crippen LogP contribution < -0.4 is 20.1 Å². The van der Waals surface area contributed by atoms with E-state index in [9.17, 15) is 4.79 Å². The monoisotopic (exact) mass is 368 g/mol. The fourth-order valence-corrected chi connectivity index (χ4v) is 2.64. The Bertz CT molecular complexity index is 963. The van der Waals surface area contributed by atoms with E-state index < -0.39 is 0 Å². The zero-order valence-corrected chi connectivity index (χ0v) is 14.2. The van der Waals surface area contributed by atoms with Gasteiger partial charge in [-0.1, -0.05) is 23.7 Å². The second-order valence-corrected chi connectivity index (χ2v) is 5.84. The quantitative estimate of drug-likeness (QED) is 0.727. The van der Waals surface area contributed by atoms with Gasteiger partial charge in [-0.3, -0.25) is 4.79 Å². The van der Waals surface area contributed by atoms with Gasteiger partial charge in [-0.25, -0.2) is 0 Å². The number of fused-ring (bicyclic) bond motifs is 1. The van der Waals surface area contributed by atoms with E-state index in [2.05, 4.69) is 20.8 Å². The zero-order chi connectivity index (χ0) is 17.9. The first-order valence-electron chi connectivity index (χ1n) is 7.75. The summed E-state index contributed by atoms with van der Waals surface area (Å²) in [6, 6.07) is 15.6. The second kappa shape index (κ2) is 6.89. The first-order valence-corrected chi connectivity index (χ1v) is 8.13. The van der Waals surface area contributed by atoms with Gasteiger partial charge in [0.1, 0.15) is 0 Å². The van der Waals surface area contributed by atoms with Gasteiger partial charge in [0.15, 0.2) is 23.1 Å². The summed E-state index contributed by atoms with van der Waals surface area (Å²) in [6.07, 6.45) is 0. The number of rotatable bonds is 4. The Morgan fingerprint density at radius 3 is 2.54 bits per heavy atom. The zero-order valence-electron chi connectivity index (χ0n) is 13.4. The molecule has 1 aliphatic heterocycles. The Labute approximate surface area is 153 Å². The van der Waals surface area contributed by atoms with Gasteiger partial charge in [-0.05, 0) is 36.4 Å². The average Bonchev–Trinajstić information content (AvgIpc) is 3.11. The van der Waals surface area contributed by atoms with Crippen molar-refractivity contribution in [3.8, 4) is 11.5 Å². The highest BCUT2D eigenvalue weighted by molar-refractivity contribution is 6.34. The van der Waals surface area contributed by atoms with Crippen LogP contribution >= 0.6 is 11.6 Å². The van der Waals surface area contributed by atoms with Crippen LogP contribution in [0.3, 0.4) is 0 Å². The molecule has 0 saturated heterocycles. The van der Waals surface area contributed by atoms with Crippen LogP contribution in [0.25, 0.3) is 0 Å². The minimum absolute atomic E-state index is 0.221. The molecule has 130 valence electrons. The number of benzene rings is 2. The molecule has 8 heteroatoms. The van der Waals surface area contributed by atoms with Crippen LogP contribution in [0.2, 0.25) is 5.02 Å². The van der Waals surface area contributed by atoms with Crippen LogP contribution in [-0.4, -0.2) is 22.9 Å². The lowest BCUT2D eigenvalue weighted by molar-refractivity contribution is 0.102. The average molecular weight is 369 g/mol.